The summed E-state index contributed by atoms with van der Waals surface area (Å²) in [7, 11) is 3.31. The van der Waals surface area contributed by atoms with Gasteiger partial charge in [-0.25, -0.2) is 4.98 Å². The van der Waals surface area contributed by atoms with Crippen molar-refractivity contribution in [1.29, 1.82) is 0 Å². The van der Waals surface area contributed by atoms with Gasteiger partial charge in [0, 0.05) is 29.3 Å². The third-order valence-corrected chi connectivity index (χ3v) is 5.33. The first-order chi connectivity index (χ1) is 12.2. The summed E-state index contributed by atoms with van der Waals surface area (Å²) in [6.45, 7) is 1.40. The Morgan fingerprint density at radius 2 is 1.84 bits per heavy atom. The van der Waals surface area contributed by atoms with Gasteiger partial charge in [-0.05, 0) is 23.8 Å². The van der Waals surface area contributed by atoms with E-state index in [1.165, 1.54) is 10.4 Å². The second-order valence-electron chi connectivity index (χ2n) is 5.38. The molecule has 130 valence electrons. The first-order valence-electron chi connectivity index (χ1n) is 7.82. The van der Waals surface area contributed by atoms with Gasteiger partial charge in [-0.15, -0.1) is 11.3 Å². The molecule has 0 saturated carbocycles. The predicted octanol–water partition coefficient (Wildman–Crippen LogP) is 4.88. The van der Waals surface area contributed by atoms with Crippen LogP contribution >= 0.6 is 27.3 Å². The van der Waals surface area contributed by atoms with Crippen molar-refractivity contribution < 1.29 is 9.47 Å². The molecular weight excluding hydrogens is 400 g/mol. The smallest absolute Gasteiger partial charge is 0.165 e. The van der Waals surface area contributed by atoms with Crippen molar-refractivity contribution in [2.75, 3.05) is 14.2 Å². The quantitative estimate of drug-likeness (QED) is 0.593. The number of hydrogen-bond acceptors (Lipinski definition) is 5. The summed E-state index contributed by atoms with van der Waals surface area (Å²) in [6, 6.07) is 14.2. The molecule has 2 aromatic carbocycles. The van der Waals surface area contributed by atoms with Crippen LogP contribution in [0, 0.1) is 0 Å². The van der Waals surface area contributed by atoms with E-state index in [0.717, 1.165) is 26.5 Å². The number of nitrogens with zero attached hydrogens (tertiary/aromatic N) is 1. The summed E-state index contributed by atoms with van der Waals surface area (Å²) in [6.07, 6.45) is 1.93. The number of thiazole rings is 1. The lowest BCUT2D eigenvalue weighted by molar-refractivity contribution is 0.350. The van der Waals surface area contributed by atoms with Crippen LogP contribution in [0.2, 0.25) is 0 Å². The largest absolute Gasteiger partial charge is 0.493 e. The Bertz CT molecular complexity index is 834. The zero-order valence-electron chi connectivity index (χ0n) is 14.1. The maximum Gasteiger partial charge on any atom is 0.165 e. The molecule has 0 atom stereocenters. The van der Waals surface area contributed by atoms with Gasteiger partial charge in [0.15, 0.2) is 11.5 Å². The van der Waals surface area contributed by atoms with E-state index in [9.17, 15) is 0 Å². The maximum absolute atomic E-state index is 5.46. The number of para-hydroxylation sites is 1. The Balaban J connectivity index is 1.63. The minimum absolute atomic E-state index is 0.688. The number of hydrogen-bond donors (Lipinski definition) is 1. The average molecular weight is 419 g/mol. The standard InChI is InChI=1S/C19H19BrN2O2S/c1-23-16-5-3-4-14(19(16)24-2)10-21-12-18-22-11-17(25-18)13-6-8-15(20)9-7-13/h3-9,11,21H,10,12H2,1-2H3. The van der Waals surface area contributed by atoms with E-state index >= 15 is 0 Å². The third kappa shape index (κ3) is 4.39. The van der Waals surface area contributed by atoms with E-state index in [0.29, 0.717) is 13.1 Å². The minimum Gasteiger partial charge on any atom is -0.493 e. The molecule has 1 N–H and O–H groups in total. The molecule has 0 spiro atoms. The molecule has 0 aliphatic rings. The summed E-state index contributed by atoms with van der Waals surface area (Å²) < 4.78 is 11.9. The molecule has 0 radical (unpaired) electrons. The van der Waals surface area contributed by atoms with Gasteiger partial charge in [0.25, 0.3) is 0 Å². The molecule has 0 unspecified atom stereocenters. The topological polar surface area (TPSA) is 43.4 Å². The van der Waals surface area contributed by atoms with Crippen molar-refractivity contribution in [3.8, 4) is 21.9 Å². The molecule has 4 nitrogen and oxygen atoms in total. The van der Waals surface area contributed by atoms with Crippen molar-refractivity contribution in [3.05, 3.63) is 63.7 Å². The number of nitrogens with one attached hydrogen (secondary N) is 1. The van der Waals surface area contributed by atoms with E-state index in [1.807, 2.05) is 36.5 Å². The van der Waals surface area contributed by atoms with Gasteiger partial charge in [-0.2, -0.15) is 0 Å². The van der Waals surface area contributed by atoms with Crippen LogP contribution in [0.5, 0.6) is 11.5 Å². The summed E-state index contributed by atoms with van der Waals surface area (Å²) in [5, 5.41) is 4.48. The van der Waals surface area contributed by atoms with Crippen LogP contribution in [-0.2, 0) is 13.1 Å². The first kappa shape index (κ1) is 17.9. The Labute approximate surface area is 160 Å². The highest BCUT2D eigenvalue weighted by Gasteiger charge is 2.09. The van der Waals surface area contributed by atoms with Crippen molar-refractivity contribution in [1.82, 2.24) is 10.3 Å². The molecule has 0 aliphatic heterocycles. The van der Waals surface area contributed by atoms with E-state index in [4.69, 9.17) is 9.47 Å². The van der Waals surface area contributed by atoms with Crippen molar-refractivity contribution in [3.63, 3.8) is 0 Å². The first-order valence-corrected chi connectivity index (χ1v) is 9.43. The molecular formula is C19H19BrN2O2S. The zero-order valence-corrected chi connectivity index (χ0v) is 16.5. The Hall–Kier alpha value is -1.89. The van der Waals surface area contributed by atoms with E-state index in [1.54, 1.807) is 25.6 Å². The highest BCUT2D eigenvalue weighted by Crippen LogP contribution is 2.31. The van der Waals surface area contributed by atoms with Gasteiger partial charge in [-0.3, -0.25) is 0 Å². The number of aromatic nitrogens is 1. The van der Waals surface area contributed by atoms with Crippen LogP contribution < -0.4 is 14.8 Å². The van der Waals surface area contributed by atoms with Crippen LogP contribution in [-0.4, -0.2) is 19.2 Å². The van der Waals surface area contributed by atoms with E-state index in [2.05, 4.69) is 38.4 Å². The molecule has 6 heteroatoms. The van der Waals surface area contributed by atoms with E-state index in [-0.39, 0.29) is 0 Å². The highest BCUT2D eigenvalue weighted by atomic mass is 79.9. The van der Waals surface area contributed by atoms with Gasteiger partial charge in [0.1, 0.15) is 5.01 Å². The van der Waals surface area contributed by atoms with Crippen LogP contribution in [0.3, 0.4) is 0 Å². The normalized spacial score (nSPS) is 10.7. The van der Waals surface area contributed by atoms with Gasteiger partial charge >= 0.3 is 0 Å². The Morgan fingerprint density at radius 1 is 1.04 bits per heavy atom. The Morgan fingerprint density at radius 3 is 2.56 bits per heavy atom. The number of halogens is 1. The molecule has 0 aliphatic carbocycles. The number of methoxy groups -OCH3 is 2. The summed E-state index contributed by atoms with van der Waals surface area (Å²) in [5.74, 6) is 1.51. The molecule has 1 aromatic heterocycles. The summed E-state index contributed by atoms with van der Waals surface area (Å²) >= 11 is 5.16. The van der Waals surface area contributed by atoms with Gasteiger partial charge < -0.3 is 14.8 Å². The molecule has 3 aromatic rings. The second kappa shape index (κ2) is 8.47. The molecule has 25 heavy (non-hydrogen) atoms. The lowest BCUT2D eigenvalue weighted by atomic mass is 10.2. The van der Waals surface area contributed by atoms with E-state index < -0.39 is 0 Å². The Kier molecular flexibility index (Phi) is 6.07. The number of ether oxygens (including phenoxy) is 2. The lowest BCUT2D eigenvalue weighted by Crippen LogP contribution is -2.13. The molecule has 3 rings (SSSR count). The monoisotopic (exact) mass is 418 g/mol. The molecule has 1 heterocycles. The summed E-state index contributed by atoms with van der Waals surface area (Å²) in [5.41, 5.74) is 2.24. The van der Waals surface area contributed by atoms with Gasteiger partial charge in [0.2, 0.25) is 0 Å². The maximum atomic E-state index is 5.46. The summed E-state index contributed by atoms with van der Waals surface area (Å²) in [4.78, 5) is 5.68. The van der Waals surface area contributed by atoms with Crippen molar-refractivity contribution in [2.45, 2.75) is 13.1 Å². The molecule has 0 bridgehead atoms. The van der Waals surface area contributed by atoms with Crippen LogP contribution in [0.15, 0.2) is 53.1 Å². The van der Waals surface area contributed by atoms with Crippen LogP contribution in [0.4, 0.5) is 0 Å². The predicted molar refractivity (Wildman–Crippen MR) is 105 cm³/mol. The number of rotatable bonds is 7. The molecule has 0 fully saturated rings. The average Bonchev–Trinajstić information content (AvgIpc) is 3.11. The second-order valence-corrected chi connectivity index (χ2v) is 7.41. The fraction of sp³-hybridized carbons (Fsp3) is 0.211. The molecule has 0 amide bonds. The fourth-order valence-corrected chi connectivity index (χ4v) is 3.69. The SMILES string of the molecule is COc1cccc(CNCc2ncc(-c3ccc(Br)cc3)s2)c1OC. The van der Waals surface area contributed by atoms with Crippen LogP contribution in [0.25, 0.3) is 10.4 Å². The van der Waals surface area contributed by atoms with Crippen LogP contribution in [0.1, 0.15) is 10.6 Å². The van der Waals surface area contributed by atoms with Crippen molar-refractivity contribution >= 4 is 27.3 Å². The molecule has 0 saturated heterocycles. The third-order valence-electron chi connectivity index (χ3n) is 3.76. The van der Waals surface area contributed by atoms with Crippen molar-refractivity contribution in [2.24, 2.45) is 0 Å². The highest BCUT2D eigenvalue weighted by molar-refractivity contribution is 9.10. The fourth-order valence-electron chi connectivity index (χ4n) is 2.54. The lowest BCUT2D eigenvalue weighted by Gasteiger charge is -2.12. The number of benzene rings is 2. The zero-order chi connectivity index (χ0) is 17.6. The van der Waals surface area contributed by atoms with Gasteiger partial charge in [0.05, 0.1) is 19.1 Å². The minimum atomic E-state index is 0.688. The van der Waals surface area contributed by atoms with Gasteiger partial charge in [-0.1, -0.05) is 40.2 Å².